The van der Waals surface area contributed by atoms with E-state index in [4.69, 9.17) is 9.47 Å². The summed E-state index contributed by atoms with van der Waals surface area (Å²) in [5, 5.41) is 9.91. The molecule has 1 spiro atoms. The van der Waals surface area contributed by atoms with Crippen molar-refractivity contribution in [2.45, 2.75) is 68.1 Å². The number of esters is 1. The lowest BCUT2D eigenvalue weighted by atomic mass is 9.70. The maximum absolute atomic E-state index is 13.9. The summed E-state index contributed by atoms with van der Waals surface area (Å²) in [4.78, 5) is 43.7. The van der Waals surface area contributed by atoms with Gasteiger partial charge in [0.25, 0.3) is 0 Å². The molecule has 33 heavy (non-hydrogen) atoms. The van der Waals surface area contributed by atoms with Crippen LogP contribution in [0, 0.1) is 11.8 Å². The van der Waals surface area contributed by atoms with Crippen LogP contribution in [0.3, 0.4) is 0 Å². The van der Waals surface area contributed by atoms with Crippen LogP contribution in [0.5, 0.6) is 0 Å². The third kappa shape index (κ3) is 4.39. The molecule has 3 unspecified atom stereocenters. The van der Waals surface area contributed by atoms with Crippen molar-refractivity contribution in [2.75, 3.05) is 26.3 Å². The van der Waals surface area contributed by atoms with Gasteiger partial charge >= 0.3 is 5.97 Å². The van der Waals surface area contributed by atoms with Gasteiger partial charge in [0.15, 0.2) is 0 Å². The Morgan fingerprint density at radius 1 is 1.42 bits per heavy atom. The predicted molar refractivity (Wildman–Crippen MR) is 127 cm³/mol. The summed E-state index contributed by atoms with van der Waals surface area (Å²) in [6, 6.07) is -1.53. The summed E-state index contributed by atoms with van der Waals surface area (Å²) in [7, 11) is 0. The summed E-state index contributed by atoms with van der Waals surface area (Å²) in [6.07, 6.45) is 5.42. The SMILES string of the molecule is C=CCCOC(=O)[C@H]1[C@H]2C(=O)N([C@H](C)CO)C(C(=O)N(CC=C)CCCC)C23CC(Br)[C@@H]1O3. The van der Waals surface area contributed by atoms with Gasteiger partial charge in [-0.15, -0.1) is 13.2 Å². The molecule has 9 heteroatoms. The lowest BCUT2D eigenvalue weighted by Gasteiger charge is -2.38. The third-order valence-corrected chi connectivity index (χ3v) is 7.83. The van der Waals surface area contributed by atoms with Gasteiger partial charge in [0.1, 0.15) is 11.6 Å². The number of aliphatic hydroxyl groups is 1. The summed E-state index contributed by atoms with van der Waals surface area (Å²) in [6.45, 7) is 11.9. The highest BCUT2D eigenvalue weighted by Gasteiger charge is 2.77. The number of hydrogen-bond donors (Lipinski definition) is 1. The number of halogens is 1. The van der Waals surface area contributed by atoms with Gasteiger partial charge in [0, 0.05) is 17.9 Å². The number of fused-ring (bicyclic) bond motifs is 1. The second kappa shape index (κ2) is 10.7. The summed E-state index contributed by atoms with van der Waals surface area (Å²) < 4.78 is 11.9. The Balaban J connectivity index is 2.01. The molecule has 3 aliphatic heterocycles. The highest BCUT2D eigenvalue weighted by Crippen LogP contribution is 2.60. The van der Waals surface area contributed by atoms with Crippen molar-refractivity contribution >= 4 is 33.7 Å². The quantitative estimate of drug-likeness (QED) is 0.181. The minimum atomic E-state index is -1.15. The van der Waals surface area contributed by atoms with Gasteiger partial charge in [0.05, 0.1) is 37.2 Å². The average molecular weight is 527 g/mol. The second-order valence-electron chi connectivity index (χ2n) is 9.11. The maximum Gasteiger partial charge on any atom is 0.312 e. The number of rotatable bonds is 12. The number of aliphatic hydroxyl groups excluding tert-OH is 1. The van der Waals surface area contributed by atoms with Gasteiger partial charge in [-0.3, -0.25) is 14.4 Å². The number of amides is 2. The number of nitrogens with zero attached hydrogens (tertiary/aromatic N) is 2. The van der Waals surface area contributed by atoms with Crippen LogP contribution in [-0.2, 0) is 23.9 Å². The van der Waals surface area contributed by atoms with Crippen LogP contribution in [0.1, 0.15) is 39.5 Å². The maximum atomic E-state index is 13.9. The van der Waals surface area contributed by atoms with E-state index in [1.807, 2.05) is 6.92 Å². The minimum absolute atomic E-state index is 0.176. The van der Waals surface area contributed by atoms with Gasteiger partial charge in [-0.05, 0) is 26.2 Å². The molecule has 0 aromatic carbocycles. The lowest BCUT2D eigenvalue weighted by Crippen LogP contribution is -2.58. The van der Waals surface area contributed by atoms with Crippen LogP contribution in [0.4, 0.5) is 0 Å². The number of likely N-dealkylation sites (tertiary alicyclic amines) is 1. The molecule has 8 nitrogen and oxygen atoms in total. The Bertz CT molecular complexity index is 791. The Morgan fingerprint density at radius 2 is 2.15 bits per heavy atom. The topological polar surface area (TPSA) is 96.4 Å². The molecule has 3 fully saturated rings. The van der Waals surface area contributed by atoms with Crippen molar-refractivity contribution in [3.63, 3.8) is 0 Å². The average Bonchev–Trinajstić information content (AvgIpc) is 3.39. The highest BCUT2D eigenvalue weighted by atomic mass is 79.9. The van der Waals surface area contributed by atoms with Crippen LogP contribution in [0.2, 0.25) is 0 Å². The standard InChI is InChI=1S/C24H35BrN2O6/c1-5-8-11-26(10-7-3)22(30)20-24-13-16(25)19(33-24)17(23(31)32-12-9-6-2)18(24)21(29)27(20)15(4)14-28/h6-7,15-20,28H,2-3,5,8-14H2,1,4H3/t15-,16?,17+,18+,19+,20?,24?/m1/s1. The van der Waals surface area contributed by atoms with E-state index >= 15 is 0 Å². The smallest absolute Gasteiger partial charge is 0.312 e. The lowest BCUT2D eigenvalue weighted by molar-refractivity contribution is -0.156. The zero-order valence-corrected chi connectivity index (χ0v) is 21.0. The fourth-order valence-electron chi connectivity index (χ4n) is 5.49. The Kier molecular flexibility index (Phi) is 8.40. The molecule has 2 amide bonds. The summed E-state index contributed by atoms with van der Waals surface area (Å²) >= 11 is 3.63. The van der Waals surface area contributed by atoms with Crippen molar-refractivity contribution in [3.05, 3.63) is 25.3 Å². The number of hydrogen-bond acceptors (Lipinski definition) is 6. The zero-order chi connectivity index (χ0) is 24.3. The van der Waals surface area contributed by atoms with Gasteiger partial charge in [-0.2, -0.15) is 0 Å². The Labute approximate surface area is 204 Å². The van der Waals surface area contributed by atoms with E-state index in [0.717, 1.165) is 12.8 Å². The molecular formula is C24H35BrN2O6. The first kappa shape index (κ1) is 25.9. The molecule has 0 aliphatic carbocycles. The monoisotopic (exact) mass is 526 g/mol. The third-order valence-electron chi connectivity index (χ3n) is 6.98. The molecule has 7 atom stereocenters. The Hall–Kier alpha value is -1.71. The van der Waals surface area contributed by atoms with Crippen molar-refractivity contribution in [3.8, 4) is 0 Å². The van der Waals surface area contributed by atoms with Gasteiger partial charge in [0.2, 0.25) is 11.8 Å². The largest absolute Gasteiger partial charge is 0.465 e. The van der Waals surface area contributed by atoms with Gasteiger partial charge < -0.3 is 24.4 Å². The van der Waals surface area contributed by atoms with E-state index in [1.54, 1.807) is 24.0 Å². The fourth-order valence-corrected chi connectivity index (χ4v) is 6.43. The molecule has 3 saturated heterocycles. The molecular weight excluding hydrogens is 492 g/mol. The zero-order valence-electron chi connectivity index (χ0n) is 19.5. The number of carbonyl (C=O) groups is 3. The van der Waals surface area contributed by atoms with E-state index in [0.29, 0.717) is 25.9 Å². The van der Waals surface area contributed by atoms with E-state index < -0.39 is 41.6 Å². The van der Waals surface area contributed by atoms with Crippen molar-refractivity contribution < 1.29 is 29.0 Å². The molecule has 184 valence electrons. The minimum Gasteiger partial charge on any atom is -0.465 e. The molecule has 0 saturated carbocycles. The molecule has 3 heterocycles. The van der Waals surface area contributed by atoms with Gasteiger partial charge in [-0.1, -0.05) is 41.4 Å². The van der Waals surface area contributed by atoms with E-state index in [1.165, 1.54) is 4.90 Å². The van der Waals surface area contributed by atoms with E-state index in [-0.39, 0.29) is 29.9 Å². The van der Waals surface area contributed by atoms with E-state index in [9.17, 15) is 19.5 Å². The molecule has 0 radical (unpaired) electrons. The summed E-state index contributed by atoms with van der Waals surface area (Å²) in [5.41, 5.74) is -1.15. The van der Waals surface area contributed by atoms with Crippen molar-refractivity contribution in [1.82, 2.24) is 9.80 Å². The number of unbranched alkanes of at least 4 members (excludes halogenated alkanes) is 1. The first-order valence-corrected chi connectivity index (χ1v) is 12.6. The van der Waals surface area contributed by atoms with Crippen LogP contribution >= 0.6 is 15.9 Å². The summed E-state index contributed by atoms with van der Waals surface area (Å²) in [5.74, 6) is -2.70. The first-order chi connectivity index (χ1) is 15.8. The molecule has 1 N–H and O–H groups in total. The molecule has 3 aliphatic rings. The van der Waals surface area contributed by atoms with Crippen molar-refractivity contribution in [2.24, 2.45) is 11.8 Å². The molecule has 0 aromatic rings. The Morgan fingerprint density at radius 3 is 2.76 bits per heavy atom. The molecule has 0 aromatic heterocycles. The fraction of sp³-hybridized carbons (Fsp3) is 0.708. The number of ether oxygens (including phenoxy) is 2. The number of carbonyl (C=O) groups excluding carboxylic acids is 3. The van der Waals surface area contributed by atoms with Crippen LogP contribution in [0.15, 0.2) is 25.3 Å². The normalized spacial score (nSPS) is 33.0. The van der Waals surface area contributed by atoms with Crippen LogP contribution in [-0.4, -0.2) is 87.6 Å². The first-order valence-electron chi connectivity index (χ1n) is 11.7. The predicted octanol–water partition coefficient (Wildman–Crippen LogP) is 2.05. The van der Waals surface area contributed by atoms with Crippen LogP contribution in [0.25, 0.3) is 0 Å². The molecule has 2 bridgehead atoms. The van der Waals surface area contributed by atoms with Gasteiger partial charge in [-0.25, -0.2) is 0 Å². The highest BCUT2D eigenvalue weighted by molar-refractivity contribution is 9.09. The van der Waals surface area contributed by atoms with Crippen molar-refractivity contribution in [1.29, 1.82) is 0 Å². The second-order valence-corrected chi connectivity index (χ2v) is 10.3. The molecule has 3 rings (SSSR count). The van der Waals surface area contributed by atoms with E-state index in [2.05, 4.69) is 29.1 Å². The number of alkyl halides is 1. The van der Waals surface area contributed by atoms with Crippen LogP contribution < -0.4 is 0 Å².